The Morgan fingerprint density at radius 1 is 0.850 bits per heavy atom. The van der Waals surface area contributed by atoms with Crippen molar-refractivity contribution < 1.29 is 38.0 Å². The van der Waals surface area contributed by atoms with Crippen LogP contribution in [0.1, 0.15) is 134 Å². The minimum Gasteiger partial charge on any atom is -0.380 e. The summed E-state index contributed by atoms with van der Waals surface area (Å²) < 4.78 is 13.9. The number of nitrogens with one attached hydrogen (secondary N) is 5. The summed E-state index contributed by atoms with van der Waals surface area (Å²) in [6.07, 6.45) is 8.87. The summed E-state index contributed by atoms with van der Waals surface area (Å²) in [6, 6.07) is 15.3. The van der Waals surface area contributed by atoms with E-state index in [1.807, 2.05) is 26.0 Å². The number of nitrogens with zero attached hydrogens (tertiary/aromatic N) is 1. The smallest absolute Gasteiger partial charge is 0.264 e. The zero-order chi connectivity index (χ0) is 42.5. The second-order valence-corrected chi connectivity index (χ2v) is 15.5. The number of piperidine rings is 1. The number of Topliss-reactive ketones (excluding diaryl/α,β-unsaturated/α-hetero) is 1. The number of carbonyl (C=O) groups is 7. The van der Waals surface area contributed by atoms with Crippen molar-refractivity contribution in [2.24, 2.45) is 0 Å². The van der Waals surface area contributed by atoms with Crippen LogP contribution in [0.5, 0.6) is 0 Å². The fraction of sp³-hybridized carbons (Fsp3) is 0.326. The van der Waals surface area contributed by atoms with Gasteiger partial charge in [0.05, 0.1) is 22.3 Å². The third-order valence-electron chi connectivity index (χ3n) is 11.3. The topological polar surface area (TPSA) is 187 Å². The molecule has 310 valence electrons. The standard InChI is InChI=1S/C46H47FN6O7/c1-26-36(24-33-32-23-30(47)18-19-34(32)51-42(33)56)50-27(2)40(26)44(58)48-22-9-7-5-3-4-6-8-13-38(54)29-16-14-28(15-17-29)25-49-35-12-10-11-31-41(35)46(60)53(45(31)59)37-20-21-39(55)52-43(37)57/h10-12,14-19,23-24,37,49-50H,3-9,13,20-22,25H2,1-2H3,(H,48,58)(H,51,56)(H,52,55,57)/b33-24-. The molecular formula is C46H47FN6O7. The van der Waals surface area contributed by atoms with E-state index in [-0.39, 0.29) is 41.6 Å². The molecule has 0 saturated carbocycles. The van der Waals surface area contributed by atoms with Crippen molar-refractivity contribution in [3.63, 3.8) is 0 Å². The molecule has 5 N–H and O–H groups in total. The second-order valence-electron chi connectivity index (χ2n) is 15.5. The number of imide groups is 2. The number of halogens is 1. The van der Waals surface area contributed by atoms with E-state index in [1.54, 1.807) is 36.4 Å². The molecule has 1 fully saturated rings. The number of fused-ring (bicyclic) bond motifs is 2. The molecule has 14 heteroatoms. The molecule has 1 saturated heterocycles. The summed E-state index contributed by atoms with van der Waals surface area (Å²) in [5.41, 5.74) is 6.30. The summed E-state index contributed by atoms with van der Waals surface area (Å²) in [7, 11) is 0. The van der Waals surface area contributed by atoms with Crippen LogP contribution >= 0.6 is 0 Å². The average Bonchev–Trinajstić information content (AvgIpc) is 3.79. The lowest BCUT2D eigenvalue weighted by molar-refractivity contribution is -0.136. The molecule has 0 radical (unpaired) electrons. The van der Waals surface area contributed by atoms with Gasteiger partial charge in [-0.05, 0) is 80.6 Å². The van der Waals surface area contributed by atoms with E-state index in [2.05, 4.69) is 26.3 Å². The zero-order valence-electron chi connectivity index (χ0n) is 33.6. The third kappa shape index (κ3) is 8.82. The first-order valence-corrected chi connectivity index (χ1v) is 20.4. The van der Waals surface area contributed by atoms with Gasteiger partial charge >= 0.3 is 0 Å². The Morgan fingerprint density at radius 3 is 2.33 bits per heavy atom. The Bertz CT molecular complexity index is 2430. The van der Waals surface area contributed by atoms with Gasteiger partial charge < -0.3 is 20.9 Å². The number of aromatic nitrogens is 1. The number of ketones is 1. The summed E-state index contributed by atoms with van der Waals surface area (Å²) in [6.45, 7) is 4.52. The Morgan fingerprint density at radius 2 is 1.58 bits per heavy atom. The number of hydrogen-bond donors (Lipinski definition) is 5. The largest absolute Gasteiger partial charge is 0.380 e. The van der Waals surface area contributed by atoms with Gasteiger partial charge in [-0.3, -0.25) is 43.8 Å². The minimum atomic E-state index is -1.04. The SMILES string of the molecule is Cc1[nH]c(/C=C2\C(=O)Nc3ccc(F)cc32)c(C)c1C(=O)NCCCCCCCCCC(=O)c1ccc(CNc2cccc3c2C(=O)N(C2CCC(=O)NC2=O)C3=O)cc1. The molecule has 3 aromatic carbocycles. The number of hydrogen-bond acceptors (Lipinski definition) is 8. The van der Waals surface area contributed by atoms with Crippen molar-refractivity contribution >= 4 is 64.3 Å². The number of aromatic amines is 1. The van der Waals surface area contributed by atoms with E-state index >= 15 is 0 Å². The number of rotatable bonds is 17. The van der Waals surface area contributed by atoms with E-state index in [1.165, 1.54) is 18.2 Å². The second kappa shape index (κ2) is 18.1. The van der Waals surface area contributed by atoms with Crippen molar-refractivity contribution in [2.75, 3.05) is 17.2 Å². The van der Waals surface area contributed by atoms with Crippen LogP contribution in [0, 0.1) is 19.7 Å². The van der Waals surface area contributed by atoms with Crippen LogP contribution in [0.15, 0.2) is 60.7 Å². The van der Waals surface area contributed by atoms with Gasteiger partial charge in [0.2, 0.25) is 11.8 Å². The van der Waals surface area contributed by atoms with Crippen molar-refractivity contribution in [3.8, 4) is 0 Å². The van der Waals surface area contributed by atoms with Crippen LogP contribution in [0.3, 0.4) is 0 Å². The van der Waals surface area contributed by atoms with Gasteiger partial charge in [0.1, 0.15) is 11.9 Å². The lowest BCUT2D eigenvalue weighted by atomic mass is 10.0. The highest BCUT2D eigenvalue weighted by molar-refractivity contribution is 6.35. The number of benzene rings is 3. The Labute approximate surface area is 346 Å². The summed E-state index contributed by atoms with van der Waals surface area (Å²) in [5.74, 6) is -3.09. The maximum Gasteiger partial charge on any atom is 0.264 e. The number of carbonyl (C=O) groups excluding carboxylic acids is 7. The first kappa shape index (κ1) is 41.5. The minimum absolute atomic E-state index is 0.0484. The summed E-state index contributed by atoms with van der Waals surface area (Å²) in [5, 5.41) is 11.2. The quantitative estimate of drug-likeness (QED) is 0.0326. The average molecular weight is 815 g/mol. The van der Waals surface area contributed by atoms with Crippen LogP contribution in [0.4, 0.5) is 15.8 Å². The highest BCUT2D eigenvalue weighted by Crippen LogP contribution is 2.35. The van der Waals surface area contributed by atoms with Gasteiger partial charge in [-0.25, -0.2) is 4.39 Å². The monoisotopic (exact) mass is 814 g/mol. The maximum absolute atomic E-state index is 13.9. The van der Waals surface area contributed by atoms with E-state index in [0.29, 0.717) is 70.1 Å². The first-order valence-electron chi connectivity index (χ1n) is 20.4. The molecule has 1 atom stereocenters. The van der Waals surface area contributed by atoms with Gasteiger partial charge in [0.25, 0.3) is 23.6 Å². The molecule has 4 heterocycles. The molecule has 6 amide bonds. The first-order chi connectivity index (χ1) is 28.9. The normalized spacial score (nSPS) is 16.5. The predicted molar refractivity (Wildman–Crippen MR) is 224 cm³/mol. The Hall–Kier alpha value is -6.70. The van der Waals surface area contributed by atoms with Crippen molar-refractivity contribution in [1.29, 1.82) is 0 Å². The van der Waals surface area contributed by atoms with Crippen molar-refractivity contribution in [2.45, 2.75) is 90.6 Å². The molecule has 4 aromatic rings. The van der Waals surface area contributed by atoms with Gasteiger partial charge in [0, 0.05) is 59.8 Å². The fourth-order valence-electron chi connectivity index (χ4n) is 8.10. The number of H-pyrrole nitrogens is 1. The molecule has 0 bridgehead atoms. The van der Waals surface area contributed by atoms with E-state index in [9.17, 15) is 38.0 Å². The Balaban J connectivity index is 0.781. The molecule has 0 spiro atoms. The molecule has 1 unspecified atom stereocenters. The Kier molecular flexibility index (Phi) is 12.5. The fourth-order valence-corrected chi connectivity index (χ4v) is 8.10. The van der Waals surface area contributed by atoms with Gasteiger partial charge in [-0.1, -0.05) is 62.4 Å². The van der Waals surface area contributed by atoms with Crippen LogP contribution in [-0.4, -0.2) is 63.7 Å². The summed E-state index contributed by atoms with van der Waals surface area (Å²) >= 11 is 0. The van der Waals surface area contributed by atoms with Crippen LogP contribution in [-0.2, 0) is 20.9 Å². The highest BCUT2D eigenvalue weighted by atomic mass is 19.1. The van der Waals surface area contributed by atoms with Crippen LogP contribution < -0.4 is 21.3 Å². The molecule has 7 rings (SSSR count). The lowest BCUT2D eigenvalue weighted by Crippen LogP contribution is -2.54. The molecule has 1 aromatic heterocycles. The summed E-state index contributed by atoms with van der Waals surface area (Å²) in [4.78, 5) is 93.2. The maximum atomic E-state index is 13.9. The number of amides is 6. The predicted octanol–water partition coefficient (Wildman–Crippen LogP) is 7.01. The zero-order valence-corrected chi connectivity index (χ0v) is 33.6. The molecule has 3 aliphatic heterocycles. The van der Waals surface area contributed by atoms with Crippen LogP contribution in [0.25, 0.3) is 11.6 Å². The van der Waals surface area contributed by atoms with Crippen LogP contribution in [0.2, 0.25) is 0 Å². The van der Waals surface area contributed by atoms with E-state index in [0.717, 1.165) is 55.4 Å². The van der Waals surface area contributed by atoms with E-state index < -0.39 is 35.5 Å². The molecular weight excluding hydrogens is 768 g/mol. The van der Waals surface area contributed by atoms with Crippen molar-refractivity contribution in [1.82, 2.24) is 20.5 Å². The lowest BCUT2D eigenvalue weighted by Gasteiger charge is -2.27. The van der Waals surface area contributed by atoms with Gasteiger partial charge in [-0.2, -0.15) is 0 Å². The molecule has 0 aliphatic carbocycles. The highest BCUT2D eigenvalue weighted by Gasteiger charge is 2.45. The molecule has 3 aliphatic rings. The third-order valence-corrected chi connectivity index (χ3v) is 11.3. The van der Waals surface area contributed by atoms with Gasteiger partial charge in [0.15, 0.2) is 5.78 Å². The van der Waals surface area contributed by atoms with Crippen molar-refractivity contribution in [3.05, 3.63) is 117 Å². The molecule has 13 nitrogen and oxygen atoms in total. The number of unbranched alkanes of at least 4 members (excludes halogenated alkanes) is 6. The molecule has 60 heavy (non-hydrogen) atoms. The van der Waals surface area contributed by atoms with E-state index in [4.69, 9.17) is 0 Å². The van der Waals surface area contributed by atoms with Gasteiger partial charge in [-0.15, -0.1) is 0 Å². The number of aryl methyl sites for hydroxylation is 1. The number of anilines is 2.